The summed E-state index contributed by atoms with van der Waals surface area (Å²) in [7, 11) is 1.42. The maximum absolute atomic E-state index is 10.5. The number of aromatic nitrogens is 1. The number of nitrogens with zero attached hydrogens (tertiary/aromatic N) is 2. The molecule has 1 aromatic heterocycles. The number of carbonyl (C=O) groups is 1. The van der Waals surface area contributed by atoms with E-state index in [0.717, 1.165) is 11.3 Å². The molecule has 0 saturated heterocycles. The molecule has 1 radical (unpaired) electrons. The molecule has 13 heavy (non-hydrogen) atoms. The van der Waals surface area contributed by atoms with E-state index in [0.29, 0.717) is 10.0 Å². The Balaban J connectivity index is 0.00000144. The van der Waals surface area contributed by atoms with Gasteiger partial charge >= 0.3 is 5.97 Å². The summed E-state index contributed by atoms with van der Waals surface area (Å²) in [4.78, 5) is 18.3. The molecule has 1 heterocycles. The van der Waals surface area contributed by atoms with E-state index in [9.17, 15) is 4.79 Å². The van der Waals surface area contributed by atoms with Gasteiger partial charge in [0.1, 0.15) is 0 Å². The molecule has 1 aromatic rings. The average Bonchev–Trinajstić information content (AvgIpc) is 2.37. The first-order chi connectivity index (χ1) is 5.65. The number of thiazole rings is 1. The van der Waals surface area contributed by atoms with Crippen molar-refractivity contribution in [3.05, 3.63) is 11.1 Å². The predicted octanol–water partition coefficient (Wildman–Crippen LogP) is 0.226. The fraction of sp³-hybridized carbons (Fsp3) is 0.167. The van der Waals surface area contributed by atoms with E-state index in [1.807, 2.05) is 0 Å². The fourth-order valence-electron chi connectivity index (χ4n) is 0.708. The summed E-state index contributed by atoms with van der Waals surface area (Å²) in [5, 5.41) is 8.98. The van der Waals surface area contributed by atoms with Crippen molar-refractivity contribution >= 4 is 28.1 Å². The molecule has 0 atom stereocenters. The second-order valence-electron chi connectivity index (χ2n) is 1.94. The Kier molecular flexibility index (Phi) is 5.28. The number of carboxylic acid groups (broad SMARTS) is 1. The first-order valence-corrected chi connectivity index (χ1v) is 3.88. The first kappa shape index (κ1) is 12.7. The third-order valence-electron chi connectivity index (χ3n) is 1.18. The van der Waals surface area contributed by atoms with Crippen LogP contribution in [-0.2, 0) is 37.5 Å². The zero-order valence-electron chi connectivity index (χ0n) is 6.89. The molecule has 0 aliphatic rings. The molecule has 0 aliphatic carbocycles. The van der Waals surface area contributed by atoms with Gasteiger partial charge in [0.2, 0.25) is 0 Å². The monoisotopic (exact) mass is 274 g/mol. The summed E-state index contributed by atoms with van der Waals surface area (Å²) in [6.45, 7) is 0. The van der Waals surface area contributed by atoms with E-state index in [2.05, 4.69) is 9.98 Å². The number of rotatable bonds is 2. The van der Waals surface area contributed by atoms with Gasteiger partial charge in [-0.05, 0) is 0 Å². The molecule has 0 fully saturated rings. The van der Waals surface area contributed by atoms with Crippen LogP contribution in [0.3, 0.4) is 0 Å². The number of hydrogen-bond donors (Lipinski definition) is 2. The van der Waals surface area contributed by atoms with Crippen molar-refractivity contribution < 1.29 is 42.6 Å². The van der Waals surface area contributed by atoms with E-state index in [1.165, 1.54) is 13.2 Å². The Morgan fingerprint density at radius 3 is 2.69 bits per heavy atom. The van der Waals surface area contributed by atoms with E-state index in [4.69, 9.17) is 10.8 Å². The van der Waals surface area contributed by atoms with Crippen LogP contribution in [0, 0.1) is 0 Å². The third kappa shape index (κ3) is 3.13. The van der Waals surface area contributed by atoms with Crippen LogP contribution in [0.5, 0.6) is 0 Å². The Morgan fingerprint density at radius 2 is 2.38 bits per heavy atom. The van der Waals surface area contributed by atoms with Crippen LogP contribution in [0.25, 0.3) is 0 Å². The summed E-state index contributed by atoms with van der Waals surface area (Å²) in [6.07, 6.45) is 1.40. The molecule has 0 aliphatic heterocycles. The number of anilines is 1. The Hall–Kier alpha value is -0.326. The summed E-state index contributed by atoms with van der Waals surface area (Å²) in [6, 6.07) is 0. The van der Waals surface area contributed by atoms with Crippen molar-refractivity contribution in [1.29, 1.82) is 0 Å². The van der Waals surface area contributed by atoms with Crippen LogP contribution in [0.1, 0.15) is 4.88 Å². The molecule has 0 spiro atoms. The van der Waals surface area contributed by atoms with Gasteiger partial charge in [0.15, 0.2) is 10.8 Å². The van der Waals surface area contributed by atoms with Crippen molar-refractivity contribution in [3.8, 4) is 0 Å². The van der Waals surface area contributed by atoms with E-state index < -0.39 is 5.97 Å². The Morgan fingerprint density at radius 1 is 1.77 bits per heavy atom. The number of nitrogens with two attached hydrogens (primary N) is 1. The first-order valence-electron chi connectivity index (χ1n) is 3.07. The molecular formula is C6H7N3O2SY. The Bertz CT molecular complexity index is 336. The van der Waals surface area contributed by atoms with Gasteiger partial charge in [-0.25, -0.2) is 9.78 Å². The average molecular weight is 274 g/mol. The van der Waals surface area contributed by atoms with Crippen molar-refractivity contribution in [3.63, 3.8) is 0 Å². The van der Waals surface area contributed by atoms with Crippen molar-refractivity contribution in [2.75, 3.05) is 12.8 Å². The maximum Gasteiger partial charge on any atom is 0.355 e. The minimum absolute atomic E-state index is 0. The van der Waals surface area contributed by atoms with Crippen molar-refractivity contribution in [2.45, 2.75) is 0 Å². The van der Waals surface area contributed by atoms with Gasteiger partial charge in [-0.15, -0.1) is 0 Å². The minimum Gasteiger partial charge on any atom is -0.476 e. The second-order valence-corrected chi connectivity index (χ2v) is 3.00. The summed E-state index contributed by atoms with van der Waals surface area (Å²) < 4.78 is 0. The SMILES string of the molecule is CN=C(C(=O)O)c1cnc(N)s1.[Y]. The van der Waals surface area contributed by atoms with Gasteiger partial charge in [0.05, 0.1) is 4.88 Å². The summed E-state index contributed by atoms with van der Waals surface area (Å²) >= 11 is 1.10. The fourth-order valence-corrected chi connectivity index (χ4v) is 1.42. The second kappa shape index (κ2) is 5.41. The topological polar surface area (TPSA) is 88.6 Å². The molecule has 67 valence electrons. The molecule has 3 N–H and O–H groups in total. The van der Waals surface area contributed by atoms with Crippen LogP contribution in [0.4, 0.5) is 5.13 Å². The normalized spacial score (nSPS) is 10.7. The largest absolute Gasteiger partial charge is 0.476 e. The van der Waals surface area contributed by atoms with Crippen LogP contribution < -0.4 is 5.73 Å². The number of aliphatic imine (C=N–C) groups is 1. The molecule has 7 heteroatoms. The van der Waals surface area contributed by atoms with Gasteiger partial charge in [-0.2, -0.15) is 0 Å². The Labute approximate surface area is 104 Å². The third-order valence-corrected chi connectivity index (χ3v) is 2.02. The molecule has 0 aromatic carbocycles. The quantitative estimate of drug-likeness (QED) is 0.755. The van der Waals surface area contributed by atoms with Gasteiger partial charge < -0.3 is 10.8 Å². The van der Waals surface area contributed by atoms with Crippen molar-refractivity contribution in [2.24, 2.45) is 4.99 Å². The van der Waals surface area contributed by atoms with Gasteiger partial charge in [-0.1, -0.05) is 11.3 Å². The number of hydrogen-bond acceptors (Lipinski definition) is 5. The van der Waals surface area contributed by atoms with Gasteiger partial charge in [-0.3, -0.25) is 4.99 Å². The summed E-state index contributed by atoms with van der Waals surface area (Å²) in [5.74, 6) is -1.07. The maximum atomic E-state index is 10.5. The molecule has 0 bridgehead atoms. The van der Waals surface area contributed by atoms with E-state index in [-0.39, 0.29) is 38.4 Å². The van der Waals surface area contributed by atoms with Crippen LogP contribution in [0.2, 0.25) is 0 Å². The number of carboxylic acids is 1. The molecule has 0 unspecified atom stereocenters. The van der Waals surface area contributed by atoms with Crippen LogP contribution in [0.15, 0.2) is 11.2 Å². The molecule has 0 amide bonds. The zero-order valence-corrected chi connectivity index (χ0v) is 10.5. The zero-order chi connectivity index (χ0) is 9.14. The molecule has 5 nitrogen and oxygen atoms in total. The number of nitrogen functional groups attached to an aromatic ring is 1. The van der Waals surface area contributed by atoms with Crippen LogP contribution >= 0.6 is 11.3 Å². The molecular weight excluding hydrogens is 267 g/mol. The standard InChI is InChI=1S/C6H7N3O2S.Y/c1-8-4(5(10)11)3-2-9-6(7)12-3;/h2H,1H3,(H2,7,9)(H,10,11);. The smallest absolute Gasteiger partial charge is 0.355 e. The van der Waals surface area contributed by atoms with Crippen LogP contribution in [-0.4, -0.2) is 28.8 Å². The van der Waals surface area contributed by atoms with Gasteiger partial charge in [0, 0.05) is 46.0 Å². The molecule has 0 saturated carbocycles. The summed E-state index contributed by atoms with van der Waals surface area (Å²) in [5.41, 5.74) is 5.32. The minimum atomic E-state index is -1.07. The van der Waals surface area contributed by atoms with E-state index in [1.54, 1.807) is 0 Å². The molecule has 1 rings (SSSR count). The van der Waals surface area contributed by atoms with E-state index >= 15 is 0 Å². The predicted molar refractivity (Wildman–Crippen MR) is 46.6 cm³/mol. The number of aliphatic carboxylic acids is 1. The van der Waals surface area contributed by atoms with Gasteiger partial charge in [0.25, 0.3) is 0 Å². The van der Waals surface area contributed by atoms with Crippen molar-refractivity contribution in [1.82, 2.24) is 4.98 Å².